The lowest BCUT2D eigenvalue weighted by Gasteiger charge is -2.36. The Morgan fingerprint density at radius 1 is 0.359 bits per heavy atom. The molecular formula is C72H104Cl4N24O24P4. The summed E-state index contributed by atoms with van der Waals surface area (Å²) in [6.45, 7) is 27.7. The highest BCUT2D eigenvalue weighted by Crippen LogP contribution is 2.62. The first-order chi connectivity index (χ1) is 60.1. The van der Waals surface area contributed by atoms with Crippen molar-refractivity contribution in [1.29, 1.82) is 0 Å². The molecule has 8 saturated heterocycles. The van der Waals surface area contributed by atoms with Crippen LogP contribution in [0.2, 0.25) is 0 Å². The van der Waals surface area contributed by atoms with Crippen LogP contribution in [0.3, 0.4) is 0 Å². The van der Waals surface area contributed by atoms with Gasteiger partial charge in [0.25, 0.3) is 0 Å². The van der Waals surface area contributed by atoms with E-state index in [2.05, 4.69) is 80.2 Å². The number of nitrogen functional groups attached to an aromatic ring is 4. The maximum absolute atomic E-state index is 13.2. The van der Waals surface area contributed by atoms with Gasteiger partial charge in [0.05, 0.1) is 75.4 Å². The van der Waals surface area contributed by atoms with E-state index >= 15 is 0 Å². The lowest BCUT2D eigenvalue weighted by atomic mass is 10.0. The van der Waals surface area contributed by atoms with E-state index in [1.54, 1.807) is 129 Å². The number of rotatable bonds is 24. The first-order valence-electron chi connectivity index (χ1n) is 40.7. The Balaban J connectivity index is 0.000000146. The van der Waals surface area contributed by atoms with Crippen LogP contribution in [0, 0.1) is 23.7 Å². The lowest BCUT2D eigenvalue weighted by molar-refractivity contribution is -0.148. The topological polar surface area (TPSA) is 611 Å². The van der Waals surface area contributed by atoms with Crippen LogP contribution in [0.4, 0.5) is 23.3 Å². The minimum atomic E-state index is -3.74. The number of ether oxygens (including phenoxy) is 8. The Hall–Kier alpha value is -7.28. The summed E-state index contributed by atoms with van der Waals surface area (Å²) < 4.78 is 150. The van der Waals surface area contributed by atoms with Gasteiger partial charge in [-0.15, -0.1) is 46.4 Å². The van der Waals surface area contributed by atoms with E-state index < -0.39 is 148 Å². The van der Waals surface area contributed by atoms with Crippen molar-refractivity contribution in [2.75, 3.05) is 75.8 Å². The predicted molar refractivity (Wildman–Crippen MR) is 459 cm³/mol. The van der Waals surface area contributed by atoms with Crippen molar-refractivity contribution in [3.8, 4) is 0 Å². The summed E-state index contributed by atoms with van der Waals surface area (Å²) in [6.07, 6.45) is 3.09. The molecule has 56 heteroatoms. The number of anilines is 4. The molecule has 8 fully saturated rings. The number of hydrogen-bond acceptors (Lipinski definition) is 40. The van der Waals surface area contributed by atoms with E-state index in [1.807, 2.05) is 0 Å². The standard InChI is InChI=1S/4C18H26ClN6O6P/c4*1-9(2)16(26)28-5-10(3)24-32(27)29-6-11-13(31-32)18(4,19)17(30-11)25-8-23-12-14(20)21-7-22-15(12)25/h4*7-11,13,17H,5-6H2,1-4H3,(H,24,27)(H2,20,21,22)/t10-,11+,13+,17+,18+,32?;10-,11+,13+,17+,18+,32+;10-,11+,13+,17+,18+,32-;10-,11-,13-,17-,18-,32?/m0001/s1. The van der Waals surface area contributed by atoms with Crippen molar-refractivity contribution in [2.24, 2.45) is 23.7 Å². The van der Waals surface area contributed by atoms with Crippen molar-refractivity contribution in [3.63, 3.8) is 0 Å². The van der Waals surface area contributed by atoms with Crippen LogP contribution in [0.15, 0.2) is 50.6 Å². The van der Waals surface area contributed by atoms with Crippen LogP contribution in [0.5, 0.6) is 0 Å². The second-order valence-corrected chi connectivity index (χ2v) is 43.7. The quantitative estimate of drug-likeness (QED) is 0.0123. The molecule has 8 aromatic heterocycles. The van der Waals surface area contributed by atoms with Gasteiger partial charge in [0, 0.05) is 24.2 Å². The molecule has 0 amide bonds. The van der Waals surface area contributed by atoms with Crippen molar-refractivity contribution in [2.45, 2.75) is 228 Å². The molecule has 0 saturated carbocycles. The largest absolute Gasteiger partial charge is 0.464 e. The molecule has 16 heterocycles. The number of nitrogens with one attached hydrogen (secondary N) is 4. The SMILES string of the molecule is CC(C)C(=O)OC[C@@H](C)NP1(=O)OC[C@H]2O[C@@H](n3cnc4c(N)ncnc43)[C@](C)(Cl)[C@@H]2O1.CC(C)C(=O)OC[C@H](C)NP1(=O)OC[C@H]2O[C@@H](n3cnc4c(N)ncnc43)[C@](C)(Cl)[C@@H]2O1.CC(C)C(=O)OC[C@H](C)N[P@@]1(=O)OC[C@H]2O[C@@H](n3cnc4c(N)ncnc43)[C@](C)(Cl)[C@@H]2O1.CC(C)C(=O)OC[C@H](C)N[P@]1(=O)OC[C@H]2O[C@@H](n3cnc4c(N)ncnc43)[C@](C)(Cl)[C@@H]2O1. The summed E-state index contributed by atoms with van der Waals surface area (Å²) in [5, 5.41) is 11.2. The lowest BCUT2D eigenvalue weighted by Crippen LogP contribution is -2.46. The Labute approximate surface area is 753 Å². The van der Waals surface area contributed by atoms with E-state index in [4.69, 9.17) is 143 Å². The summed E-state index contributed by atoms with van der Waals surface area (Å²) >= 11 is 27.6. The molecule has 704 valence electrons. The highest BCUT2D eigenvalue weighted by molar-refractivity contribution is 7.52. The van der Waals surface area contributed by atoms with Crippen LogP contribution in [0.25, 0.3) is 44.7 Å². The molecule has 0 aliphatic carbocycles. The molecular weight excluding hydrogens is 1850 g/mol. The summed E-state index contributed by atoms with van der Waals surface area (Å²) in [7, 11) is -15.0. The van der Waals surface area contributed by atoms with Gasteiger partial charge in [-0.2, -0.15) is 0 Å². The monoisotopic (exact) mass is 1950 g/mol. The van der Waals surface area contributed by atoms with Crippen molar-refractivity contribution >= 4 is 169 Å². The number of esters is 4. The molecule has 12 N–H and O–H groups in total. The van der Waals surface area contributed by atoms with Crippen LogP contribution >= 0.6 is 77.4 Å². The van der Waals surface area contributed by atoms with Gasteiger partial charge in [0.1, 0.15) is 142 Å². The molecule has 0 bridgehead atoms. The second-order valence-electron chi connectivity index (χ2n) is 33.6. The highest BCUT2D eigenvalue weighted by Gasteiger charge is 2.64. The van der Waals surface area contributed by atoms with Gasteiger partial charge in [0.2, 0.25) is 0 Å². The van der Waals surface area contributed by atoms with Gasteiger partial charge in [-0.1, -0.05) is 55.4 Å². The zero-order chi connectivity index (χ0) is 93.0. The minimum Gasteiger partial charge on any atom is -0.464 e. The first-order valence-corrected chi connectivity index (χ1v) is 48.3. The number of nitrogens with two attached hydrogens (primary N) is 4. The van der Waals surface area contributed by atoms with Gasteiger partial charge < -0.3 is 60.8 Å². The molecule has 0 radical (unpaired) electrons. The predicted octanol–water partition coefficient (Wildman–Crippen LogP) is 8.02. The number of halogens is 4. The number of fused-ring (bicyclic) bond motifs is 8. The van der Waals surface area contributed by atoms with Crippen LogP contribution in [-0.2, 0) is 112 Å². The fourth-order valence-electron chi connectivity index (χ4n) is 14.6. The summed E-state index contributed by atoms with van der Waals surface area (Å²) in [4.78, 5) is 91.9. The van der Waals surface area contributed by atoms with E-state index in [-0.39, 0.29) is 124 Å². The van der Waals surface area contributed by atoms with Gasteiger partial charge in [0.15, 0.2) is 70.8 Å². The van der Waals surface area contributed by atoms with Gasteiger partial charge >= 0.3 is 54.9 Å². The third-order valence-corrected chi connectivity index (χ3v) is 29.8. The average molecular weight is 1960 g/mol. The number of carbonyl (C=O) groups is 4. The van der Waals surface area contributed by atoms with Gasteiger partial charge in [-0.05, 0) is 55.4 Å². The van der Waals surface area contributed by atoms with Crippen LogP contribution in [-0.4, -0.2) is 247 Å². The van der Waals surface area contributed by atoms with Crippen molar-refractivity contribution < 1.29 is 112 Å². The Bertz CT molecular complexity index is 4920. The zero-order valence-electron chi connectivity index (χ0n) is 72.4. The molecule has 8 aliphatic rings. The van der Waals surface area contributed by atoms with Gasteiger partial charge in [-0.25, -0.2) is 98.4 Å². The van der Waals surface area contributed by atoms with Crippen LogP contribution < -0.4 is 43.3 Å². The summed E-state index contributed by atoms with van der Waals surface area (Å²) in [6, 6.07) is -1.90. The molecule has 2 unspecified atom stereocenters. The molecule has 48 nitrogen and oxygen atoms in total. The Kier molecular flexibility index (Phi) is 29.7. The third kappa shape index (κ3) is 20.9. The van der Waals surface area contributed by atoms with E-state index in [0.29, 0.717) is 44.7 Å². The molecule has 8 aromatic rings. The van der Waals surface area contributed by atoms with Gasteiger partial charge in [-0.3, -0.25) is 73.6 Å². The van der Waals surface area contributed by atoms with E-state index in [9.17, 15) is 37.4 Å². The molecule has 128 heavy (non-hydrogen) atoms. The maximum atomic E-state index is 13.2. The first kappa shape index (κ1) is 98.2. The number of carbonyl (C=O) groups excluding carboxylic acids is 4. The molecule has 16 rings (SSSR count). The normalized spacial score (nSPS) is 33.4. The second kappa shape index (κ2) is 38.7. The number of aromatic nitrogens is 16. The fourth-order valence-corrected chi connectivity index (χ4v) is 23.4. The number of hydrogen-bond donors (Lipinski definition) is 8. The molecule has 24 atom stereocenters. The van der Waals surface area contributed by atoms with Crippen LogP contribution in [0.1, 0.15) is 136 Å². The molecule has 0 spiro atoms. The number of imidazole rings is 4. The smallest absolute Gasteiger partial charge is 0.406 e. The van der Waals surface area contributed by atoms with Crippen molar-refractivity contribution in [3.05, 3.63) is 50.6 Å². The maximum Gasteiger partial charge on any atom is 0.406 e. The van der Waals surface area contributed by atoms with E-state index in [1.165, 1.54) is 50.6 Å². The Morgan fingerprint density at radius 2 is 0.547 bits per heavy atom. The molecule has 0 aromatic carbocycles. The average Bonchev–Trinajstić information content (AvgIpc) is 1.59. The Morgan fingerprint density at radius 3 is 0.727 bits per heavy atom. The fraction of sp³-hybridized carbons (Fsp3) is 0.667. The summed E-state index contributed by atoms with van der Waals surface area (Å²) in [5.41, 5.74) is 27.0. The van der Waals surface area contributed by atoms with E-state index in [0.717, 1.165) is 0 Å². The number of alkyl halides is 4. The summed E-state index contributed by atoms with van der Waals surface area (Å²) in [5.74, 6) is -1.48. The van der Waals surface area contributed by atoms with Crippen molar-refractivity contribution in [1.82, 2.24) is 98.4 Å². The number of nitrogens with zero attached hydrogens (tertiary/aromatic N) is 16. The third-order valence-electron chi connectivity index (χ3n) is 21.2. The minimum absolute atomic E-state index is 0.00396. The zero-order valence-corrected chi connectivity index (χ0v) is 79.0. The molecule has 8 aliphatic heterocycles. The highest BCUT2D eigenvalue weighted by atomic mass is 35.5.